The number of carbonyl (C=O) groups excluding carboxylic acids is 3. The van der Waals surface area contributed by atoms with Gasteiger partial charge in [-0.25, -0.2) is 22.0 Å². The van der Waals surface area contributed by atoms with Crippen LogP contribution in [0.4, 0.5) is 18.9 Å². The molecule has 13 nitrogen and oxygen atoms in total. The van der Waals surface area contributed by atoms with Crippen molar-refractivity contribution in [2.45, 2.75) is 83.6 Å². The highest BCUT2D eigenvalue weighted by molar-refractivity contribution is 7.99. The fourth-order valence-electron chi connectivity index (χ4n) is 5.38. The Balaban J connectivity index is 1.76. The van der Waals surface area contributed by atoms with Gasteiger partial charge in [0.2, 0.25) is 15.9 Å². The number of halogens is 3. The zero-order chi connectivity index (χ0) is 37.9. The molecule has 0 saturated carbocycles. The Bertz CT molecular complexity index is 1720. The zero-order valence-corrected chi connectivity index (χ0v) is 30.7. The topological polar surface area (TPSA) is 191 Å². The minimum Gasteiger partial charge on any atom is -0.469 e. The van der Waals surface area contributed by atoms with Crippen LogP contribution in [0.2, 0.25) is 0 Å². The molecule has 1 aliphatic rings. The molecule has 0 aliphatic carbocycles. The molecule has 284 valence electrons. The van der Waals surface area contributed by atoms with Crippen LogP contribution in [0.3, 0.4) is 0 Å². The Hall–Kier alpha value is -3.39. The standard InChI is InChI=1S/C32H43F3N4O9S3/c1-23(40)48-22-31(38-29(41)10-6-7-11-30(42)47-2)15-18-39(19-16-31)17-14-24(21-49-25-8-4-3-5-9-25)37-27-13-12-26(51(36,45)46)20-28(27)50(43,44)32(33,34)35/h3-5,8-9,12-13,20,24,37H,6-7,10-11,14-19,21-22H2,1-2H3,(H,38,41)(H2,36,45,46)/t24-/m1/s1. The highest BCUT2D eigenvalue weighted by atomic mass is 32.2. The summed E-state index contributed by atoms with van der Waals surface area (Å²) in [6.07, 6.45) is 2.48. The SMILES string of the molecule is COC(=O)CCCCC(=O)NC1(COC(C)=O)CCN(CC[C@H](CSc2ccccc2)Nc2ccc(S(N)(=O)=O)cc2S(=O)(=O)C(F)(F)F)CC1. The van der Waals surface area contributed by atoms with Crippen LogP contribution in [-0.2, 0) is 43.7 Å². The van der Waals surface area contributed by atoms with E-state index in [4.69, 9.17) is 9.88 Å². The van der Waals surface area contributed by atoms with Gasteiger partial charge in [-0.1, -0.05) is 18.2 Å². The first-order chi connectivity index (χ1) is 23.8. The van der Waals surface area contributed by atoms with Gasteiger partial charge in [-0.15, -0.1) is 11.8 Å². The predicted octanol–water partition coefficient (Wildman–Crippen LogP) is 3.84. The summed E-state index contributed by atoms with van der Waals surface area (Å²) in [6, 6.07) is 10.9. The normalized spacial score (nSPS) is 15.8. The molecule has 1 aliphatic heterocycles. The minimum atomic E-state index is -5.98. The Labute approximate surface area is 300 Å². The molecule has 51 heavy (non-hydrogen) atoms. The molecule has 1 heterocycles. The van der Waals surface area contributed by atoms with E-state index in [1.807, 2.05) is 30.3 Å². The van der Waals surface area contributed by atoms with E-state index >= 15 is 0 Å². The number of nitrogens with zero attached hydrogens (tertiary/aromatic N) is 1. The molecule has 0 spiro atoms. The molecule has 0 unspecified atom stereocenters. The Kier molecular flexibility index (Phi) is 15.2. The van der Waals surface area contributed by atoms with Gasteiger partial charge in [0.1, 0.15) is 11.5 Å². The number of rotatable bonds is 18. The molecule has 2 aromatic rings. The lowest BCUT2D eigenvalue weighted by molar-refractivity contribution is -0.145. The maximum atomic E-state index is 13.7. The maximum Gasteiger partial charge on any atom is 0.501 e. The van der Waals surface area contributed by atoms with Crippen molar-refractivity contribution in [1.82, 2.24) is 10.2 Å². The number of hydrogen-bond acceptors (Lipinski definition) is 12. The van der Waals surface area contributed by atoms with Crippen molar-refractivity contribution < 1.29 is 53.9 Å². The summed E-state index contributed by atoms with van der Waals surface area (Å²) in [5, 5.41) is 11.0. The molecule has 0 aromatic heterocycles. The fraction of sp³-hybridized carbons (Fsp3) is 0.531. The number of carbonyl (C=O) groups is 3. The van der Waals surface area contributed by atoms with Crippen molar-refractivity contribution in [3.05, 3.63) is 48.5 Å². The first kappa shape index (κ1) is 42.0. The average Bonchev–Trinajstić information content (AvgIpc) is 3.07. The molecule has 4 N–H and O–H groups in total. The third-order valence-electron chi connectivity index (χ3n) is 8.26. The van der Waals surface area contributed by atoms with Crippen molar-refractivity contribution >= 4 is 55.2 Å². The van der Waals surface area contributed by atoms with Gasteiger partial charge in [0.05, 0.1) is 23.2 Å². The van der Waals surface area contributed by atoms with Crippen molar-refractivity contribution in [2.24, 2.45) is 5.14 Å². The van der Waals surface area contributed by atoms with E-state index in [1.54, 1.807) is 0 Å². The van der Waals surface area contributed by atoms with Crippen LogP contribution in [-0.4, -0.2) is 95.8 Å². The number of ether oxygens (including phenoxy) is 2. The third-order valence-corrected chi connectivity index (χ3v) is 11.9. The van der Waals surface area contributed by atoms with Gasteiger partial charge >= 0.3 is 17.4 Å². The minimum absolute atomic E-state index is 0.0348. The highest BCUT2D eigenvalue weighted by Gasteiger charge is 2.48. The molecule has 1 amide bonds. The maximum absolute atomic E-state index is 13.7. The molecule has 0 radical (unpaired) electrons. The van der Waals surface area contributed by atoms with Gasteiger partial charge in [0, 0.05) is 56.1 Å². The number of amides is 1. The average molecular weight is 781 g/mol. The lowest BCUT2D eigenvalue weighted by Gasteiger charge is -2.42. The second-order valence-corrected chi connectivity index (χ2v) is 16.7. The first-order valence-electron chi connectivity index (χ1n) is 16.0. The number of hydrogen-bond donors (Lipinski definition) is 3. The number of anilines is 1. The lowest BCUT2D eigenvalue weighted by atomic mass is 9.87. The molecule has 19 heteroatoms. The number of piperidine rings is 1. The number of likely N-dealkylation sites (tertiary alicyclic amines) is 1. The largest absolute Gasteiger partial charge is 0.501 e. The van der Waals surface area contributed by atoms with E-state index < -0.39 is 58.4 Å². The van der Waals surface area contributed by atoms with E-state index in [9.17, 15) is 44.4 Å². The Morgan fingerprint density at radius 1 is 1.02 bits per heavy atom. The van der Waals surface area contributed by atoms with E-state index in [2.05, 4.69) is 20.3 Å². The fourth-order valence-corrected chi connectivity index (χ4v) is 7.94. The van der Waals surface area contributed by atoms with Crippen LogP contribution in [0.5, 0.6) is 0 Å². The molecule has 1 fully saturated rings. The predicted molar refractivity (Wildman–Crippen MR) is 184 cm³/mol. The van der Waals surface area contributed by atoms with Crippen LogP contribution in [0.1, 0.15) is 51.9 Å². The lowest BCUT2D eigenvalue weighted by Crippen LogP contribution is -2.58. The number of unbranched alkanes of at least 4 members (excludes halogenated alkanes) is 1. The van der Waals surface area contributed by atoms with Crippen LogP contribution < -0.4 is 15.8 Å². The molecule has 0 bridgehead atoms. The Morgan fingerprint density at radius 2 is 1.67 bits per heavy atom. The van der Waals surface area contributed by atoms with E-state index in [1.165, 1.54) is 25.8 Å². The van der Waals surface area contributed by atoms with E-state index in [-0.39, 0.29) is 31.3 Å². The number of sulfonamides is 1. The molecule has 2 aromatic carbocycles. The molecule has 3 rings (SSSR count). The summed E-state index contributed by atoms with van der Waals surface area (Å²) >= 11 is 1.40. The first-order valence-corrected chi connectivity index (χ1v) is 20.0. The number of sulfone groups is 1. The van der Waals surface area contributed by atoms with Crippen molar-refractivity contribution in [2.75, 3.05) is 44.4 Å². The van der Waals surface area contributed by atoms with Crippen molar-refractivity contribution in [1.29, 1.82) is 0 Å². The summed E-state index contributed by atoms with van der Waals surface area (Å²) in [5.41, 5.74) is -6.96. The number of thioether (sulfide) groups is 1. The molecule has 1 saturated heterocycles. The van der Waals surface area contributed by atoms with E-state index in [0.717, 1.165) is 17.0 Å². The van der Waals surface area contributed by atoms with Crippen LogP contribution >= 0.6 is 11.8 Å². The van der Waals surface area contributed by atoms with Crippen LogP contribution in [0.15, 0.2) is 63.2 Å². The number of benzene rings is 2. The van der Waals surface area contributed by atoms with Gasteiger partial charge in [0.15, 0.2) is 0 Å². The van der Waals surface area contributed by atoms with Crippen LogP contribution in [0.25, 0.3) is 0 Å². The van der Waals surface area contributed by atoms with Gasteiger partial charge in [-0.2, -0.15) is 13.2 Å². The summed E-state index contributed by atoms with van der Waals surface area (Å²) in [7, 11) is -9.21. The number of alkyl halides is 3. The summed E-state index contributed by atoms with van der Waals surface area (Å²) < 4.78 is 100. The van der Waals surface area contributed by atoms with Crippen LogP contribution in [0, 0.1) is 0 Å². The monoisotopic (exact) mass is 780 g/mol. The van der Waals surface area contributed by atoms with Gasteiger partial charge in [-0.05, 0) is 62.4 Å². The third kappa shape index (κ3) is 13.0. The number of esters is 2. The second-order valence-electron chi connectivity index (χ2n) is 12.1. The number of nitrogens with one attached hydrogen (secondary N) is 2. The van der Waals surface area contributed by atoms with Crippen molar-refractivity contribution in [3.63, 3.8) is 0 Å². The van der Waals surface area contributed by atoms with Gasteiger partial charge in [0.25, 0.3) is 9.84 Å². The molecular weight excluding hydrogens is 738 g/mol. The molecule has 1 atom stereocenters. The quantitative estimate of drug-likeness (QED) is 0.113. The summed E-state index contributed by atoms with van der Waals surface area (Å²) in [4.78, 5) is 36.7. The Morgan fingerprint density at radius 3 is 2.25 bits per heavy atom. The molecular formula is C32H43F3N4O9S3. The number of methoxy groups -OCH3 is 1. The highest BCUT2D eigenvalue weighted by Crippen LogP contribution is 2.36. The van der Waals surface area contributed by atoms with Crippen molar-refractivity contribution in [3.8, 4) is 0 Å². The zero-order valence-electron chi connectivity index (χ0n) is 28.2. The number of primary sulfonamides is 1. The summed E-state index contributed by atoms with van der Waals surface area (Å²) in [5.74, 6) is -0.807. The smallest absolute Gasteiger partial charge is 0.469 e. The summed E-state index contributed by atoms with van der Waals surface area (Å²) in [6.45, 7) is 2.60. The van der Waals surface area contributed by atoms with E-state index in [0.29, 0.717) is 63.6 Å². The van der Waals surface area contributed by atoms with Gasteiger partial charge < -0.3 is 25.0 Å². The number of nitrogens with two attached hydrogens (primary N) is 1. The second kappa shape index (κ2) is 18.4. The van der Waals surface area contributed by atoms with Gasteiger partial charge in [-0.3, -0.25) is 14.4 Å².